The van der Waals surface area contributed by atoms with Crippen molar-refractivity contribution in [2.24, 2.45) is 0 Å². The van der Waals surface area contributed by atoms with Crippen molar-refractivity contribution in [2.45, 2.75) is 26.8 Å². The van der Waals surface area contributed by atoms with Crippen LogP contribution >= 0.6 is 0 Å². The Labute approximate surface area is 143 Å². The molecule has 1 unspecified atom stereocenters. The molecule has 132 valence electrons. The van der Waals surface area contributed by atoms with Gasteiger partial charge in [0.25, 0.3) is 11.8 Å². The number of carbonyl (C=O) groups excluding carboxylic acids is 3. The second-order valence-electron chi connectivity index (χ2n) is 5.95. The Morgan fingerprint density at radius 1 is 1.08 bits per heavy atom. The van der Waals surface area contributed by atoms with Gasteiger partial charge >= 0.3 is 0 Å². The van der Waals surface area contributed by atoms with E-state index in [0.29, 0.717) is 17.9 Å². The molecule has 7 heteroatoms. The molecule has 0 heterocycles. The van der Waals surface area contributed by atoms with Crippen LogP contribution in [0.3, 0.4) is 0 Å². The maximum absolute atomic E-state index is 12.2. The second kappa shape index (κ2) is 9.02. The summed E-state index contributed by atoms with van der Waals surface area (Å²) in [6, 6.07) is 6.61. The standard InChI is InChI=1S/C17H26N4O3/c1-6-21(12(2)17(24)20(4)5)11-16(23)19-15-9-7-14(8-10-15)18-13(3)22/h7-10,12H,6,11H2,1-5H3,(H,18,22)(H,19,23)/p+1/t12-/m0/s1. The Bertz CT molecular complexity index is 584. The van der Waals surface area contributed by atoms with Crippen LogP contribution in [0.2, 0.25) is 0 Å². The molecule has 0 radical (unpaired) electrons. The van der Waals surface area contributed by atoms with Gasteiger partial charge in [-0.15, -0.1) is 0 Å². The van der Waals surface area contributed by atoms with E-state index in [1.54, 1.807) is 43.3 Å². The van der Waals surface area contributed by atoms with E-state index in [2.05, 4.69) is 10.6 Å². The van der Waals surface area contributed by atoms with Crippen LogP contribution in [-0.4, -0.2) is 55.8 Å². The monoisotopic (exact) mass is 335 g/mol. The molecule has 1 aromatic carbocycles. The summed E-state index contributed by atoms with van der Waals surface area (Å²) in [6.07, 6.45) is 0. The molecule has 1 rings (SSSR count). The number of anilines is 2. The van der Waals surface area contributed by atoms with E-state index < -0.39 is 0 Å². The Kier molecular flexibility index (Phi) is 7.38. The predicted octanol–water partition coefficient (Wildman–Crippen LogP) is -0.0350. The largest absolute Gasteiger partial charge is 0.344 e. The van der Waals surface area contributed by atoms with Gasteiger partial charge in [0.15, 0.2) is 12.6 Å². The third-order valence-electron chi connectivity index (χ3n) is 3.75. The average molecular weight is 335 g/mol. The first-order valence-corrected chi connectivity index (χ1v) is 7.97. The van der Waals surface area contributed by atoms with Gasteiger partial charge in [-0.2, -0.15) is 0 Å². The van der Waals surface area contributed by atoms with Crippen LogP contribution in [0.5, 0.6) is 0 Å². The maximum atomic E-state index is 12.2. The molecule has 7 nitrogen and oxygen atoms in total. The zero-order valence-corrected chi connectivity index (χ0v) is 15.0. The first-order valence-electron chi connectivity index (χ1n) is 7.97. The number of quaternary nitrogens is 1. The molecule has 0 spiro atoms. The molecule has 0 saturated carbocycles. The van der Waals surface area contributed by atoms with Gasteiger partial charge in [0.05, 0.1) is 6.54 Å². The Balaban J connectivity index is 2.63. The zero-order chi connectivity index (χ0) is 18.3. The summed E-state index contributed by atoms with van der Waals surface area (Å²) < 4.78 is 0. The van der Waals surface area contributed by atoms with Crippen LogP contribution in [0, 0.1) is 0 Å². The molecule has 1 aromatic rings. The van der Waals surface area contributed by atoms with Crippen LogP contribution in [0.25, 0.3) is 0 Å². The summed E-state index contributed by atoms with van der Waals surface area (Å²) in [4.78, 5) is 37.7. The lowest BCUT2D eigenvalue weighted by molar-refractivity contribution is -0.904. The van der Waals surface area contributed by atoms with Crippen molar-refractivity contribution in [3.05, 3.63) is 24.3 Å². The molecule has 0 aliphatic rings. The molecule has 0 fully saturated rings. The SMILES string of the molecule is CC[NH+](CC(=O)Nc1ccc(NC(C)=O)cc1)[C@@H](C)C(=O)N(C)C. The van der Waals surface area contributed by atoms with E-state index in [4.69, 9.17) is 0 Å². The molecule has 3 N–H and O–H groups in total. The first kappa shape index (κ1) is 19.6. The summed E-state index contributed by atoms with van der Waals surface area (Å²) in [5.74, 6) is -0.301. The quantitative estimate of drug-likeness (QED) is 0.654. The molecule has 3 amide bonds. The van der Waals surface area contributed by atoms with Gasteiger partial charge in [-0.25, -0.2) is 0 Å². The highest BCUT2D eigenvalue weighted by atomic mass is 16.2. The number of nitrogens with one attached hydrogen (secondary N) is 3. The van der Waals surface area contributed by atoms with Gasteiger partial charge in [-0.1, -0.05) is 0 Å². The number of hydrogen-bond donors (Lipinski definition) is 3. The third-order valence-corrected chi connectivity index (χ3v) is 3.75. The molecule has 2 atom stereocenters. The lowest BCUT2D eigenvalue weighted by atomic mass is 10.2. The van der Waals surface area contributed by atoms with Crippen molar-refractivity contribution in [1.82, 2.24) is 4.90 Å². The van der Waals surface area contributed by atoms with Crippen LogP contribution < -0.4 is 15.5 Å². The third kappa shape index (κ3) is 6.00. The highest BCUT2D eigenvalue weighted by molar-refractivity contribution is 5.92. The minimum absolute atomic E-state index is 0.000639. The minimum atomic E-state index is -0.280. The number of likely N-dealkylation sites (N-methyl/N-ethyl adjacent to an activating group) is 2. The van der Waals surface area contributed by atoms with Gasteiger partial charge in [-0.05, 0) is 38.1 Å². The van der Waals surface area contributed by atoms with Gasteiger partial charge in [0.1, 0.15) is 0 Å². The van der Waals surface area contributed by atoms with E-state index >= 15 is 0 Å². The van der Waals surface area contributed by atoms with Crippen molar-refractivity contribution in [3.8, 4) is 0 Å². The summed E-state index contributed by atoms with van der Waals surface area (Å²) in [7, 11) is 3.42. The summed E-state index contributed by atoms with van der Waals surface area (Å²) >= 11 is 0. The Morgan fingerprint density at radius 3 is 2.00 bits per heavy atom. The molecule has 0 bridgehead atoms. The molecular weight excluding hydrogens is 308 g/mol. The van der Waals surface area contributed by atoms with E-state index in [1.165, 1.54) is 6.92 Å². The van der Waals surface area contributed by atoms with Crippen molar-refractivity contribution in [2.75, 3.05) is 37.8 Å². The van der Waals surface area contributed by atoms with Crippen LogP contribution in [0.15, 0.2) is 24.3 Å². The molecule has 0 aliphatic heterocycles. The van der Waals surface area contributed by atoms with E-state index in [0.717, 1.165) is 4.90 Å². The average Bonchev–Trinajstić information content (AvgIpc) is 2.52. The fourth-order valence-corrected chi connectivity index (χ4v) is 2.40. The van der Waals surface area contributed by atoms with Gasteiger partial charge in [0.2, 0.25) is 5.91 Å². The highest BCUT2D eigenvalue weighted by Gasteiger charge is 2.27. The van der Waals surface area contributed by atoms with Gasteiger partial charge in [0, 0.05) is 32.4 Å². The molecular formula is C17H27N4O3+. The molecule has 24 heavy (non-hydrogen) atoms. The topological polar surface area (TPSA) is 83.0 Å². The van der Waals surface area contributed by atoms with Crippen LogP contribution in [0.4, 0.5) is 11.4 Å². The van der Waals surface area contributed by atoms with E-state index in [9.17, 15) is 14.4 Å². The lowest BCUT2D eigenvalue weighted by Crippen LogP contribution is -3.17. The van der Waals surface area contributed by atoms with Crippen molar-refractivity contribution in [3.63, 3.8) is 0 Å². The smallest absolute Gasteiger partial charge is 0.280 e. The Hall–Kier alpha value is -2.41. The number of benzene rings is 1. The molecule has 0 saturated heterocycles. The fraction of sp³-hybridized carbons (Fsp3) is 0.471. The molecule has 0 aromatic heterocycles. The normalized spacial score (nSPS) is 12.9. The first-order chi connectivity index (χ1) is 11.2. The fourth-order valence-electron chi connectivity index (χ4n) is 2.40. The molecule has 0 aliphatic carbocycles. The van der Waals surface area contributed by atoms with Crippen molar-refractivity contribution < 1.29 is 19.3 Å². The Morgan fingerprint density at radius 2 is 1.58 bits per heavy atom. The number of rotatable bonds is 7. The maximum Gasteiger partial charge on any atom is 0.280 e. The van der Waals surface area contributed by atoms with Gasteiger partial charge < -0.3 is 20.4 Å². The number of carbonyl (C=O) groups is 3. The van der Waals surface area contributed by atoms with Crippen LogP contribution in [-0.2, 0) is 14.4 Å². The van der Waals surface area contributed by atoms with E-state index in [1.807, 2.05) is 13.8 Å². The van der Waals surface area contributed by atoms with Crippen molar-refractivity contribution >= 4 is 29.1 Å². The number of nitrogens with zero attached hydrogens (tertiary/aromatic N) is 1. The number of hydrogen-bond acceptors (Lipinski definition) is 3. The predicted molar refractivity (Wildman–Crippen MR) is 93.9 cm³/mol. The van der Waals surface area contributed by atoms with Crippen LogP contribution in [0.1, 0.15) is 20.8 Å². The summed E-state index contributed by atoms with van der Waals surface area (Å²) in [5, 5.41) is 5.48. The van der Waals surface area contributed by atoms with Gasteiger partial charge in [-0.3, -0.25) is 14.4 Å². The summed E-state index contributed by atoms with van der Waals surface area (Å²) in [5.41, 5.74) is 1.32. The highest BCUT2D eigenvalue weighted by Crippen LogP contribution is 2.13. The second-order valence-corrected chi connectivity index (χ2v) is 5.95. The lowest BCUT2D eigenvalue weighted by Gasteiger charge is -2.25. The van der Waals surface area contributed by atoms with E-state index in [-0.39, 0.29) is 30.3 Å². The zero-order valence-electron chi connectivity index (χ0n) is 15.0. The minimum Gasteiger partial charge on any atom is -0.344 e. The van der Waals surface area contributed by atoms with Crippen molar-refractivity contribution in [1.29, 1.82) is 0 Å². The summed E-state index contributed by atoms with van der Waals surface area (Å²) in [6.45, 7) is 6.11. The number of amides is 3.